The molecule has 2 aromatic heterocycles. The van der Waals surface area contributed by atoms with Crippen molar-refractivity contribution in [3.8, 4) is 5.82 Å². The molecule has 2 atom stereocenters. The summed E-state index contributed by atoms with van der Waals surface area (Å²) in [6.07, 6.45) is 8.89. The maximum absolute atomic E-state index is 12.7. The minimum Gasteiger partial charge on any atom is -0.343 e. The van der Waals surface area contributed by atoms with Crippen LogP contribution in [0.2, 0.25) is 5.02 Å². The summed E-state index contributed by atoms with van der Waals surface area (Å²) in [7, 11) is 0. The summed E-state index contributed by atoms with van der Waals surface area (Å²) >= 11 is 6.00. The van der Waals surface area contributed by atoms with E-state index in [0.29, 0.717) is 35.7 Å². The van der Waals surface area contributed by atoms with Crippen molar-refractivity contribution in [2.45, 2.75) is 51.1 Å². The Hall–Kier alpha value is -2.38. The first-order valence-corrected chi connectivity index (χ1v) is 12.5. The van der Waals surface area contributed by atoms with Crippen LogP contribution in [0.5, 0.6) is 0 Å². The Labute approximate surface area is 200 Å². The van der Waals surface area contributed by atoms with Crippen molar-refractivity contribution in [2.24, 2.45) is 5.92 Å². The Morgan fingerprint density at radius 1 is 1.03 bits per heavy atom. The van der Waals surface area contributed by atoms with Crippen LogP contribution < -0.4 is 0 Å². The Balaban J connectivity index is 1.18. The summed E-state index contributed by atoms with van der Waals surface area (Å²) in [5.74, 6) is 1.95. The van der Waals surface area contributed by atoms with Crippen molar-refractivity contribution in [3.63, 3.8) is 0 Å². The summed E-state index contributed by atoms with van der Waals surface area (Å²) in [6, 6.07) is 8.36. The Bertz CT molecular complexity index is 991. The first-order chi connectivity index (χ1) is 16.1. The van der Waals surface area contributed by atoms with Gasteiger partial charge in [-0.15, -0.1) is 0 Å². The molecular formula is C25H32ClN5O2. The van der Waals surface area contributed by atoms with Crippen LogP contribution in [0.15, 0.2) is 36.7 Å². The van der Waals surface area contributed by atoms with Gasteiger partial charge >= 0.3 is 0 Å². The predicted molar refractivity (Wildman–Crippen MR) is 127 cm³/mol. The maximum Gasteiger partial charge on any atom is 0.222 e. The molecule has 33 heavy (non-hydrogen) atoms. The van der Waals surface area contributed by atoms with Crippen molar-refractivity contribution in [1.82, 2.24) is 24.3 Å². The smallest absolute Gasteiger partial charge is 0.222 e. The number of carbonyl (C=O) groups is 2. The number of rotatable bonds is 7. The van der Waals surface area contributed by atoms with E-state index in [2.05, 4.69) is 31.5 Å². The fraction of sp³-hybridized carbons (Fsp3) is 0.560. The molecule has 7 nitrogen and oxygen atoms in total. The fourth-order valence-electron chi connectivity index (χ4n) is 5.74. The van der Waals surface area contributed by atoms with Gasteiger partial charge in [-0.25, -0.2) is 4.98 Å². The van der Waals surface area contributed by atoms with Crippen LogP contribution in [0.25, 0.3) is 5.82 Å². The standard InChI is InChI=1S/C25H32ClN5O2/c26-20-7-8-23(27-16-20)30-13-1-4-21(30)18-28-15-10-22-19(17-28)6-9-25(33)31(22)14-3-12-29-11-2-5-24(29)32/h1,4,7-8,13,16,19,22H,2-3,5-6,9-12,14-15,17-18H2/t19-,22+/m0/s1. The molecule has 0 spiro atoms. The lowest BCUT2D eigenvalue weighted by Crippen LogP contribution is -2.56. The van der Waals surface area contributed by atoms with Crippen molar-refractivity contribution in [1.29, 1.82) is 0 Å². The number of aromatic nitrogens is 2. The third-order valence-electron chi connectivity index (χ3n) is 7.40. The molecule has 5 heterocycles. The van der Waals surface area contributed by atoms with Crippen LogP contribution in [0.3, 0.4) is 0 Å². The molecule has 0 unspecified atom stereocenters. The van der Waals surface area contributed by atoms with Gasteiger partial charge in [0.05, 0.1) is 5.02 Å². The zero-order valence-electron chi connectivity index (χ0n) is 19.0. The second-order valence-corrected chi connectivity index (χ2v) is 9.96. The van der Waals surface area contributed by atoms with Crippen molar-refractivity contribution in [2.75, 3.05) is 32.7 Å². The molecule has 8 heteroatoms. The van der Waals surface area contributed by atoms with E-state index in [1.54, 1.807) is 6.20 Å². The molecule has 0 saturated carbocycles. The highest BCUT2D eigenvalue weighted by Gasteiger charge is 2.39. The number of piperidine rings is 2. The van der Waals surface area contributed by atoms with E-state index in [-0.39, 0.29) is 5.91 Å². The molecule has 0 aromatic carbocycles. The van der Waals surface area contributed by atoms with Crippen LogP contribution in [-0.2, 0) is 16.1 Å². The Kier molecular flexibility index (Phi) is 6.69. The first-order valence-electron chi connectivity index (χ1n) is 12.2. The van der Waals surface area contributed by atoms with E-state index in [4.69, 9.17) is 11.6 Å². The van der Waals surface area contributed by atoms with Crippen LogP contribution in [0, 0.1) is 5.92 Å². The molecule has 3 aliphatic rings. The van der Waals surface area contributed by atoms with Gasteiger partial charge in [-0.1, -0.05) is 11.6 Å². The van der Waals surface area contributed by atoms with E-state index in [1.807, 2.05) is 23.2 Å². The summed E-state index contributed by atoms with van der Waals surface area (Å²) in [4.78, 5) is 35.7. The van der Waals surface area contributed by atoms with Crippen LogP contribution >= 0.6 is 11.6 Å². The molecule has 2 aromatic rings. The van der Waals surface area contributed by atoms with Gasteiger partial charge in [0.15, 0.2) is 0 Å². The molecule has 0 N–H and O–H groups in total. The van der Waals surface area contributed by atoms with E-state index in [1.165, 1.54) is 5.69 Å². The average Bonchev–Trinajstić information content (AvgIpc) is 3.45. The number of carbonyl (C=O) groups excluding carboxylic acids is 2. The number of halogens is 1. The number of amides is 2. The molecule has 3 fully saturated rings. The molecule has 0 radical (unpaired) electrons. The number of likely N-dealkylation sites (tertiary alicyclic amines) is 3. The molecule has 5 rings (SSSR count). The molecule has 3 saturated heterocycles. The Morgan fingerprint density at radius 2 is 1.94 bits per heavy atom. The minimum absolute atomic E-state index is 0.268. The SMILES string of the molecule is O=C1CCCN1CCCN1C(=O)CC[C@H]2CN(Cc3cccn3-c3ccc(Cl)cn3)CC[C@H]21. The van der Waals surface area contributed by atoms with Crippen LogP contribution in [0.1, 0.15) is 44.2 Å². The van der Waals surface area contributed by atoms with Gasteiger partial charge in [-0.2, -0.15) is 0 Å². The Morgan fingerprint density at radius 3 is 2.73 bits per heavy atom. The number of nitrogens with zero attached hydrogens (tertiary/aromatic N) is 5. The van der Waals surface area contributed by atoms with Gasteiger partial charge in [-0.05, 0) is 55.9 Å². The summed E-state index contributed by atoms with van der Waals surface area (Å²) in [5, 5.41) is 0.637. The van der Waals surface area contributed by atoms with Gasteiger partial charge in [-0.3, -0.25) is 14.5 Å². The molecule has 176 valence electrons. The first kappa shape index (κ1) is 22.4. The fourth-order valence-corrected chi connectivity index (χ4v) is 5.85. The maximum atomic E-state index is 12.7. The highest BCUT2D eigenvalue weighted by Crippen LogP contribution is 2.32. The van der Waals surface area contributed by atoms with Gasteiger partial charge < -0.3 is 14.4 Å². The summed E-state index contributed by atoms with van der Waals surface area (Å²) < 4.78 is 2.12. The summed E-state index contributed by atoms with van der Waals surface area (Å²) in [6.45, 7) is 5.29. The molecular weight excluding hydrogens is 438 g/mol. The zero-order valence-corrected chi connectivity index (χ0v) is 19.8. The lowest BCUT2D eigenvalue weighted by Gasteiger charge is -2.47. The minimum atomic E-state index is 0.268. The molecule has 3 aliphatic heterocycles. The predicted octanol–water partition coefficient (Wildman–Crippen LogP) is 3.35. The number of fused-ring (bicyclic) bond motifs is 1. The van der Waals surface area contributed by atoms with E-state index < -0.39 is 0 Å². The van der Waals surface area contributed by atoms with Crippen molar-refractivity contribution in [3.05, 3.63) is 47.4 Å². The topological polar surface area (TPSA) is 61.7 Å². The van der Waals surface area contributed by atoms with Crippen molar-refractivity contribution < 1.29 is 9.59 Å². The third kappa shape index (κ3) is 4.94. The highest BCUT2D eigenvalue weighted by atomic mass is 35.5. The van der Waals surface area contributed by atoms with E-state index in [0.717, 1.165) is 70.8 Å². The normalized spacial score (nSPS) is 23.9. The van der Waals surface area contributed by atoms with Crippen LogP contribution in [0.4, 0.5) is 0 Å². The number of hydrogen-bond acceptors (Lipinski definition) is 4. The van der Waals surface area contributed by atoms with Gasteiger partial charge in [0.25, 0.3) is 0 Å². The lowest BCUT2D eigenvalue weighted by atomic mass is 9.83. The van der Waals surface area contributed by atoms with Gasteiger partial charge in [0.1, 0.15) is 5.82 Å². The largest absolute Gasteiger partial charge is 0.343 e. The second-order valence-electron chi connectivity index (χ2n) is 9.52. The summed E-state index contributed by atoms with van der Waals surface area (Å²) in [5.41, 5.74) is 1.21. The molecule has 0 aliphatic carbocycles. The monoisotopic (exact) mass is 469 g/mol. The quantitative estimate of drug-likeness (QED) is 0.624. The zero-order chi connectivity index (χ0) is 22.8. The molecule has 2 amide bonds. The number of pyridine rings is 1. The highest BCUT2D eigenvalue weighted by molar-refractivity contribution is 6.30. The average molecular weight is 470 g/mol. The second kappa shape index (κ2) is 9.85. The van der Waals surface area contributed by atoms with Gasteiger partial charge in [0.2, 0.25) is 11.8 Å². The number of hydrogen-bond donors (Lipinski definition) is 0. The third-order valence-corrected chi connectivity index (χ3v) is 7.63. The van der Waals surface area contributed by atoms with E-state index in [9.17, 15) is 9.59 Å². The van der Waals surface area contributed by atoms with Crippen LogP contribution in [-0.4, -0.2) is 74.8 Å². The lowest BCUT2D eigenvalue weighted by molar-refractivity contribution is -0.141. The molecule has 0 bridgehead atoms. The van der Waals surface area contributed by atoms with Crippen molar-refractivity contribution >= 4 is 23.4 Å². The van der Waals surface area contributed by atoms with Gasteiger partial charge in [0, 0.05) is 76.2 Å². The van der Waals surface area contributed by atoms with E-state index >= 15 is 0 Å².